The van der Waals surface area contributed by atoms with Gasteiger partial charge in [0.2, 0.25) is 0 Å². The topological polar surface area (TPSA) is 114 Å². The van der Waals surface area contributed by atoms with Gasteiger partial charge in [0.25, 0.3) is 5.56 Å². The van der Waals surface area contributed by atoms with Crippen LogP contribution in [0.25, 0.3) is 0 Å². The maximum Gasteiger partial charge on any atom is 0.330 e. The summed E-state index contributed by atoms with van der Waals surface area (Å²) >= 11 is 0. The smallest absolute Gasteiger partial charge is 0.330 e. The first-order valence-electron chi connectivity index (χ1n) is 8.33. The molecule has 0 saturated carbocycles. The van der Waals surface area contributed by atoms with Gasteiger partial charge in [-0.15, -0.1) is 0 Å². The summed E-state index contributed by atoms with van der Waals surface area (Å²) in [5, 5.41) is 19.9. The Morgan fingerprint density at radius 3 is 2.48 bits per heavy atom. The van der Waals surface area contributed by atoms with Gasteiger partial charge in [0.05, 0.1) is 6.61 Å². The summed E-state index contributed by atoms with van der Waals surface area (Å²) < 4.78 is 13.2. The van der Waals surface area contributed by atoms with E-state index in [9.17, 15) is 19.8 Å². The highest BCUT2D eigenvalue weighted by molar-refractivity contribution is 6.74. The van der Waals surface area contributed by atoms with E-state index in [-0.39, 0.29) is 5.04 Å². The van der Waals surface area contributed by atoms with Crippen LogP contribution in [-0.2, 0) is 9.16 Å². The first-order valence-corrected chi connectivity index (χ1v) is 11.2. The van der Waals surface area contributed by atoms with Gasteiger partial charge in [-0.3, -0.25) is 14.3 Å². The Bertz CT molecular complexity index is 735. The van der Waals surface area contributed by atoms with Crippen LogP contribution in [0.3, 0.4) is 0 Å². The highest BCUT2D eigenvalue weighted by Crippen LogP contribution is 2.41. The molecule has 0 bridgehead atoms. The molecule has 4 atom stereocenters. The maximum atomic E-state index is 12.2. The zero-order valence-electron chi connectivity index (χ0n) is 15.6. The lowest BCUT2D eigenvalue weighted by Crippen LogP contribution is -2.49. The number of rotatable bonds is 4. The Morgan fingerprint density at radius 1 is 1.36 bits per heavy atom. The molecular formula is C16H28N2O6Si. The van der Waals surface area contributed by atoms with Gasteiger partial charge in [0.15, 0.2) is 14.5 Å². The number of aliphatic hydroxyl groups excluding tert-OH is 2. The number of nitrogens with one attached hydrogen (secondary N) is 1. The molecule has 0 amide bonds. The van der Waals surface area contributed by atoms with E-state index in [0.29, 0.717) is 5.56 Å². The van der Waals surface area contributed by atoms with Gasteiger partial charge in [0.1, 0.15) is 18.3 Å². The van der Waals surface area contributed by atoms with Gasteiger partial charge < -0.3 is 19.4 Å². The molecule has 0 radical (unpaired) electrons. The second-order valence-electron chi connectivity index (χ2n) is 8.06. The summed E-state index contributed by atoms with van der Waals surface area (Å²) in [5.74, 6) is 0. The number of hydrogen-bond acceptors (Lipinski definition) is 6. The summed E-state index contributed by atoms with van der Waals surface area (Å²) in [7, 11) is -2.28. The lowest BCUT2D eigenvalue weighted by molar-refractivity contribution is -0.0535. The van der Waals surface area contributed by atoms with Crippen LogP contribution in [0, 0.1) is 6.92 Å². The van der Waals surface area contributed by atoms with Gasteiger partial charge in [-0.25, -0.2) is 4.79 Å². The molecule has 0 aliphatic carbocycles. The molecule has 1 aromatic rings. The van der Waals surface area contributed by atoms with Gasteiger partial charge in [0, 0.05) is 11.8 Å². The van der Waals surface area contributed by atoms with E-state index in [1.165, 1.54) is 10.8 Å². The Labute approximate surface area is 147 Å². The van der Waals surface area contributed by atoms with E-state index >= 15 is 0 Å². The first-order chi connectivity index (χ1) is 11.4. The third-order valence-electron chi connectivity index (χ3n) is 5.15. The van der Waals surface area contributed by atoms with Gasteiger partial charge in [-0.2, -0.15) is 0 Å². The van der Waals surface area contributed by atoms with Crippen molar-refractivity contribution in [2.45, 2.75) is 70.4 Å². The Balaban J connectivity index is 2.46. The summed E-state index contributed by atoms with van der Waals surface area (Å²) in [5.41, 5.74) is -0.771. The van der Waals surface area contributed by atoms with Crippen LogP contribution in [0.2, 0.25) is 18.1 Å². The molecule has 25 heavy (non-hydrogen) atoms. The van der Waals surface area contributed by atoms with Crippen molar-refractivity contribution in [3.05, 3.63) is 32.6 Å². The summed E-state index contributed by atoms with van der Waals surface area (Å²) in [4.78, 5) is 26.1. The Morgan fingerprint density at radius 2 is 1.96 bits per heavy atom. The maximum absolute atomic E-state index is 12.2. The van der Waals surface area contributed by atoms with E-state index in [1.54, 1.807) is 6.92 Å². The van der Waals surface area contributed by atoms with Crippen molar-refractivity contribution in [3.8, 4) is 0 Å². The summed E-state index contributed by atoms with van der Waals surface area (Å²) in [6, 6.07) is 0. The van der Waals surface area contributed by atoms with Crippen molar-refractivity contribution >= 4 is 8.32 Å². The molecule has 1 fully saturated rings. The molecule has 2 heterocycles. The number of nitrogens with zero attached hydrogens (tertiary/aromatic N) is 1. The zero-order valence-corrected chi connectivity index (χ0v) is 16.6. The number of aliphatic hydroxyl groups is 2. The molecule has 1 aliphatic heterocycles. The van der Waals surface area contributed by atoms with Crippen LogP contribution >= 0.6 is 0 Å². The second-order valence-corrected chi connectivity index (χ2v) is 12.8. The highest BCUT2D eigenvalue weighted by Gasteiger charge is 2.50. The lowest BCUT2D eigenvalue weighted by Gasteiger charge is -2.40. The second kappa shape index (κ2) is 6.80. The summed E-state index contributed by atoms with van der Waals surface area (Å²) in [6.45, 7) is 11.4. The number of ether oxygens (including phenoxy) is 1. The predicted molar refractivity (Wildman–Crippen MR) is 95.1 cm³/mol. The van der Waals surface area contributed by atoms with Crippen molar-refractivity contribution in [3.63, 3.8) is 0 Å². The van der Waals surface area contributed by atoms with Crippen molar-refractivity contribution < 1.29 is 19.4 Å². The molecule has 1 aromatic heterocycles. The summed E-state index contributed by atoms with van der Waals surface area (Å²) in [6.07, 6.45) is -2.30. The zero-order chi connectivity index (χ0) is 19.2. The van der Waals surface area contributed by atoms with Gasteiger partial charge >= 0.3 is 5.69 Å². The van der Waals surface area contributed by atoms with Crippen LogP contribution in [0.1, 0.15) is 32.6 Å². The van der Waals surface area contributed by atoms with Crippen molar-refractivity contribution in [2.24, 2.45) is 0 Å². The van der Waals surface area contributed by atoms with Crippen LogP contribution < -0.4 is 11.2 Å². The number of aromatic amines is 1. The fraction of sp³-hybridized carbons (Fsp3) is 0.750. The van der Waals surface area contributed by atoms with E-state index < -0.39 is 50.7 Å². The van der Waals surface area contributed by atoms with E-state index in [0.717, 1.165) is 0 Å². The molecule has 1 saturated heterocycles. The molecule has 1 aliphatic rings. The molecule has 3 N–H and O–H groups in total. The quantitative estimate of drug-likeness (QED) is 0.663. The first kappa shape index (κ1) is 20.1. The Kier molecular flexibility index (Phi) is 5.46. The molecule has 4 unspecified atom stereocenters. The van der Waals surface area contributed by atoms with E-state index in [1.807, 2.05) is 13.1 Å². The van der Waals surface area contributed by atoms with Crippen molar-refractivity contribution in [2.75, 3.05) is 6.61 Å². The minimum absolute atomic E-state index is 0.111. The van der Waals surface area contributed by atoms with Crippen LogP contribution in [0.15, 0.2) is 15.8 Å². The standard InChI is InChI=1S/C16H28N2O6Si/c1-9-7-18(15(22)17-13(9)21)14-12(11(20)10(8-19)23-14)24-25(5,6)16(2,3)4/h7,10-12,14,19-20H,8H2,1-6H3,(H,17,21,22). The molecule has 9 heteroatoms. The molecular weight excluding hydrogens is 344 g/mol. The predicted octanol–water partition coefficient (Wildman–Crippen LogP) is 0.486. The average Bonchev–Trinajstić information content (AvgIpc) is 2.78. The van der Waals surface area contributed by atoms with E-state index in [4.69, 9.17) is 9.16 Å². The van der Waals surface area contributed by atoms with Gasteiger partial charge in [-0.1, -0.05) is 20.8 Å². The van der Waals surface area contributed by atoms with Crippen molar-refractivity contribution in [1.82, 2.24) is 9.55 Å². The minimum atomic E-state index is -2.28. The number of aromatic nitrogens is 2. The SMILES string of the molecule is Cc1cn(C2OC(CO)C(O)C2O[Si](C)(C)C(C)(C)C)c(=O)[nH]c1=O. The molecule has 142 valence electrons. The molecule has 8 nitrogen and oxygen atoms in total. The molecule has 0 aromatic carbocycles. The third-order valence-corrected chi connectivity index (χ3v) is 9.62. The Hall–Kier alpha value is -1.26. The molecule has 0 spiro atoms. The van der Waals surface area contributed by atoms with Crippen LogP contribution in [-0.4, -0.2) is 53.0 Å². The fourth-order valence-electron chi connectivity index (χ4n) is 2.51. The monoisotopic (exact) mass is 372 g/mol. The number of hydrogen-bond donors (Lipinski definition) is 3. The van der Waals surface area contributed by atoms with E-state index in [2.05, 4.69) is 25.8 Å². The number of H-pyrrole nitrogens is 1. The number of aryl methyl sites for hydroxylation is 1. The average molecular weight is 372 g/mol. The van der Waals surface area contributed by atoms with Gasteiger partial charge in [-0.05, 0) is 25.1 Å². The highest BCUT2D eigenvalue weighted by atomic mass is 28.4. The minimum Gasteiger partial charge on any atom is -0.407 e. The third kappa shape index (κ3) is 3.80. The fourth-order valence-corrected chi connectivity index (χ4v) is 3.80. The van der Waals surface area contributed by atoms with Crippen molar-refractivity contribution in [1.29, 1.82) is 0 Å². The molecule has 2 rings (SSSR count). The largest absolute Gasteiger partial charge is 0.407 e. The van der Waals surface area contributed by atoms with Crippen LogP contribution in [0.4, 0.5) is 0 Å². The normalized spacial score (nSPS) is 27.7. The van der Waals surface area contributed by atoms with Crippen LogP contribution in [0.5, 0.6) is 0 Å². The lowest BCUT2D eigenvalue weighted by atomic mass is 10.1.